The molecule has 0 amide bonds. The Morgan fingerprint density at radius 2 is 1.95 bits per heavy atom. The van der Waals surface area contributed by atoms with Crippen LogP contribution in [0.25, 0.3) is 0 Å². The molecule has 20 heavy (non-hydrogen) atoms. The van der Waals surface area contributed by atoms with Gasteiger partial charge in [-0.1, -0.05) is 37.5 Å². The largest absolute Gasteiger partial charge is 0.496 e. The molecule has 1 N–H and O–H groups in total. The Hall–Kier alpha value is -1.02. The molecule has 0 bridgehead atoms. The molecule has 2 heteroatoms. The van der Waals surface area contributed by atoms with E-state index in [0.29, 0.717) is 6.04 Å². The summed E-state index contributed by atoms with van der Waals surface area (Å²) in [4.78, 5) is 0. The Labute approximate surface area is 123 Å². The minimum absolute atomic E-state index is 0.688. The van der Waals surface area contributed by atoms with Gasteiger partial charge in [0.05, 0.1) is 7.11 Å². The van der Waals surface area contributed by atoms with Crippen molar-refractivity contribution < 1.29 is 4.74 Å². The van der Waals surface area contributed by atoms with Crippen LogP contribution in [-0.2, 0) is 6.54 Å². The fourth-order valence-corrected chi connectivity index (χ4v) is 3.36. The molecule has 0 radical (unpaired) electrons. The third-order valence-electron chi connectivity index (χ3n) is 4.56. The summed E-state index contributed by atoms with van der Waals surface area (Å²) >= 11 is 0. The first-order valence-electron chi connectivity index (χ1n) is 8.09. The molecule has 1 saturated carbocycles. The third kappa shape index (κ3) is 4.24. The van der Waals surface area contributed by atoms with Crippen molar-refractivity contribution in [2.75, 3.05) is 7.11 Å². The number of nitrogens with one attached hydrogen (secondary N) is 1. The molecule has 2 nitrogen and oxygen atoms in total. The third-order valence-corrected chi connectivity index (χ3v) is 4.56. The van der Waals surface area contributed by atoms with Gasteiger partial charge in [0, 0.05) is 18.2 Å². The van der Waals surface area contributed by atoms with E-state index in [4.69, 9.17) is 4.74 Å². The van der Waals surface area contributed by atoms with E-state index < -0.39 is 0 Å². The van der Waals surface area contributed by atoms with Crippen molar-refractivity contribution in [1.29, 1.82) is 0 Å². The van der Waals surface area contributed by atoms with Crippen LogP contribution in [0.15, 0.2) is 18.2 Å². The van der Waals surface area contributed by atoms with Crippen LogP contribution in [0.3, 0.4) is 0 Å². The molecule has 0 saturated heterocycles. The van der Waals surface area contributed by atoms with Crippen molar-refractivity contribution >= 4 is 0 Å². The van der Waals surface area contributed by atoms with E-state index >= 15 is 0 Å². The lowest BCUT2D eigenvalue weighted by atomic mass is 9.83. The first-order valence-corrected chi connectivity index (χ1v) is 8.09. The molecule has 1 fully saturated rings. The molecule has 1 aliphatic rings. The van der Waals surface area contributed by atoms with Crippen LogP contribution in [0.4, 0.5) is 0 Å². The predicted molar refractivity (Wildman–Crippen MR) is 85.2 cm³/mol. The number of hydrogen-bond donors (Lipinski definition) is 1. The predicted octanol–water partition coefficient (Wildman–Crippen LogP) is 4.45. The Morgan fingerprint density at radius 3 is 2.60 bits per heavy atom. The maximum absolute atomic E-state index is 5.45. The van der Waals surface area contributed by atoms with Crippen molar-refractivity contribution in [3.05, 3.63) is 29.3 Å². The zero-order valence-electron chi connectivity index (χ0n) is 13.2. The van der Waals surface area contributed by atoms with Gasteiger partial charge in [0.1, 0.15) is 5.75 Å². The highest BCUT2D eigenvalue weighted by atomic mass is 16.5. The van der Waals surface area contributed by atoms with Crippen molar-refractivity contribution in [2.45, 2.75) is 65.0 Å². The zero-order valence-corrected chi connectivity index (χ0v) is 13.2. The molecule has 0 aromatic heterocycles. The summed E-state index contributed by atoms with van der Waals surface area (Å²) in [6, 6.07) is 7.10. The van der Waals surface area contributed by atoms with Gasteiger partial charge in [-0.15, -0.1) is 0 Å². The SMILES string of the molecule is CCCC1CCC(NCc2cc(C)ccc2OC)CC1. The van der Waals surface area contributed by atoms with E-state index in [0.717, 1.165) is 18.2 Å². The Balaban J connectivity index is 1.83. The maximum Gasteiger partial charge on any atom is 0.123 e. The summed E-state index contributed by atoms with van der Waals surface area (Å²) in [6.07, 6.45) is 8.21. The minimum atomic E-state index is 0.688. The van der Waals surface area contributed by atoms with E-state index in [1.807, 2.05) is 0 Å². The van der Waals surface area contributed by atoms with E-state index in [9.17, 15) is 0 Å². The zero-order chi connectivity index (χ0) is 14.4. The first-order chi connectivity index (χ1) is 9.72. The Bertz CT molecular complexity index is 408. The molecule has 0 heterocycles. The number of benzene rings is 1. The average Bonchev–Trinajstić information content (AvgIpc) is 2.47. The van der Waals surface area contributed by atoms with Crippen LogP contribution in [0.1, 0.15) is 56.6 Å². The number of ether oxygens (including phenoxy) is 1. The van der Waals surface area contributed by atoms with Crippen molar-refractivity contribution in [1.82, 2.24) is 5.32 Å². The molecule has 0 aliphatic heterocycles. The average molecular weight is 275 g/mol. The van der Waals surface area contributed by atoms with Gasteiger partial charge in [0.2, 0.25) is 0 Å². The summed E-state index contributed by atoms with van der Waals surface area (Å²) in [7, 11) is 1.75. The lowest BCUT2D eigenvalue weighted by Crippen LogP contribution is -2.32. The lowest BCUT2D eigenvalue weighted by Gasteiger charge is -2.29. The number of aryl methyl sites for hydroxylation is 1. The summed E-state index contributed by atoms with van der Waals surface area (Å²) in [5.41, 5.74) is 2.58. The molecular formula is C18H29NO. The molecule has 0 unspecified atom stereocenters. The standard InChI is InChI=1S/C18H29NO/c1-4-5-15-7-9-17(10-8-15)19-13-16-12-14(2)6-11-18(16)20-3/h6,11-12,15,17,19H,4-5,7-10,13H2,1-3H3. The van der Waals surface area contributed by atoms with Gasteiger partial charge in [0.15, 0.2) is 0 Å². The normalized spacial score (nSPS) is 22.8. The van der Waals surface area contributed by atoms with Crippen molar-refractivity contribution in [3.63, 3.8) is 0 Å². The smallest absolute Gasteiger partial charge is 0.123 e. The van der Waals surface area contributed by atoms with Crippen molar-refractivity contribution in [2.24, 2.45) is 5.92 Å². The van der Waals surface area contributed by atoms with Crippen molar-refractivity contribution in [3.8, 4) is 5.75 Å². The van der Waals surface area contributed by atoms with Crippen LogP contribution in [-0.4, -0.2) is 13.2 Å². The second kappa shape index (κ2) is 7.68. The molecule has 112 valence electrons. The monoisotopic (exact) mass is 275 g/mol. The van der Waals surface area contributed by atoms with Gasteiger partial charge in [-0.2, -0.15) is 0 Å². The molecule has 1 aliphatic carbocycles. The molecule has 0 atom stereocenters. The summed E-state index contributed by atoms with van der Waals surface area (Å²) < 4.78 is 5.45. The second-order valence-electron chi connectivity index (χ2n) is 6.20. The molecule has 2 rings (SSSR count). The second-order valence-corrected chi connectivity index (χ2v) is 6.20. The maximum atomic E-state index is 5.45. The lowest BCUT2D eigenvalue weighted by molar-refractivity contribution is 0.277. The molecule has 1 aromatic carbocycles. The Morgan fingerprint density at radius 1 is 1.20 bits per heavy atom. The van der Waals surface area contributed by atoms with Crippen LogP contribution in [0.5, 0.6) is 5.75 Å². The van der Waals surface area contributed by atoms with Gasteiger partial charge in [-0.25, -0.2) is 0 Å². The van der Waals surface area contributed by atoms with Gasteiger partial charge >= 0.3 is 0 Å². The van der Waals surface area contributed by atoms with Crippen LogP contribution < -0.4 is 10.1 Å². The highest BCUT2D eigenvalue weighted by Crippen LogP contribution is 2.28. The summed E-state index contributed by atoms with van der Waals surface area (Å²) in [5.74, 6) is 1.98. The fourth-order valence-electron chi connectivity index (χ4n) is 3.36. The quantitative estimate of drug-likeness (QED) is 0.828. The first kappa shape index (κ1) is 15.4. The van der Waals surface area contributed by atoms with Crippen LogP contribution >= 0.6 is 0 Å². The number of methoxy groups -OCH3 is 1. The number of hydrogen-bond acceptors (Lipinski definition) is 2. The van der Waals surface area contributed by atoms with E-state index in [1.165, 1.54) is 49.7 Å². The van der Waals surface area contributed by atoms with Gasteiger partial charge in [-0.05, 0) is 44.6 Å². The van der Waals surface area contributed by atoms with E-state index in [2.05, 4.69) is 37.4 Å². The fraction of sp³-hybridized carbons (Fsp3) is 0.667. The highest BCUT2D eigenvalue weighted by Gasteiger charge is 2.20. The summed E-state index contributed by atoms with van der Waals surface area (Å²) in [5, 5.41) is 3.72. The highest BCUT2D eigenvalue weighted by molar-refractivity contribution is 5.36. The Kier molecular flexibility index (Phi) is 5.90. The van der Waals surface area contributed by atoms with Gasteiger partial charge in [-0.3, -0.25) is 0 Å². The van der Waals surface area contributed by atoms with Crippen LogP contribution in [0.2, 0.25) is 0 Å². The molecular weight excluding hydrogens is 246 g/mol. The summed E-state index contributed by atoms with van der Waals surface area (Å²) in [6.45, 7) is 5.36. The number of rotatable bonds is 6. The van der Waals surface area contributed by atoms with Gasteiger partial charge in [0.25, 0.3) is 0 Å². The van der Waals surface area contributed by atoms with E-state index in [1.54, 1.807) is 7.11 Å². The molecule has 0 spiro atoms. The van der Waals surface area contributed by atoms with Gasteiger partial charge < -0.3 is 10.1 Å². The minimum Gasteiger partial charge on any atom is -0.496 e. The van der Waals surface area contributed by atoms with Crippen LogP contribution in [0, 0.1) is 12.8 Å². The topological polar surface area (TPSA) is 21.3 Å². The van der Waals surface area contributed by atoms with E-state index in [-0.39, 0.29) is 0 Å². The molecule has 1 aromatic rings.